The molecule has 1 aromatic rings. The number of benzene rings is 1. The van der Waals surface area contributed by atoms with Gasteiger partial charge in [0.25, 0.3) is 11.4 Å². The number of unbranched alkanes of at least 4 members (excludes halogenated alkanes) is 1. The summed E-state index contributed by atoms with van der Waals surface area (Å²) in [5.74, 6) is 0. The molecule has 1 rings (SSSR count). The lowest BCUT2D eigenvalue weighted by atomic mass is 10.2. The van der Waals surface area contributed by atoms with Gasteiger partial charge in [-0.25, -0.2) is 0 Å². The Bertz CT molecular complexity index is 997. The van der Waals surface area contributed by atoms with Crippen molar-refractivity contribution in [3.8, 4) is 0 Å². The minimum atomic E-state index is -0.681. The Hall–Kier alpha value is -2.66. The fraction of sp³-hybridized carbons (Fsp3) is 0.824. The van der Waals surface area contributed by atoms with Gasteiger partial charge in [0, 0.05) is 19.2 Å². The normalized spacial score (nSPS) is 11.3. The Morgan fingerprint density at radius 3 is 1.04 bits per heavy atom. The van der Waals surface area contributed by atoms with Crippen molar-refractivity contribution in [1.82, 2.24) is 0 Å². The zero-order valence-electron chi connectivity index (χ0n) is 31.3. The van der Waals surface area contributed by atoms with E-state index < -0.39 is 9.85 Å². The number of hydrogen-bond donors (Lipinski definition) is 1. The van der Waals surface area contributed by atoms with Crippen molar-refractivity contribution in [2.75, 3.05) is 170 Å². The van der Waals surface area contributed by atoms with Crippen LogP contribution in [0.25, 0.3) is 0 Å². The van der Waals surface area contributed by atoms with Crippen molar-refractivity contribution in [3.63, 3.8) is 0 Å². The number of non-ortho nitro benzene ring substituents is 1. The third kappa shape index (κ3) is 31.4. The first-order chi connectivity index (χ1) is 26.1. The maximum Gasteiger partial charge on any atom is 0.299 e. The topological polar surface area (TPSA) is 209 Å². The second-order valence-corrected chi connectivity index (χ2v) is 10.8. The standard InChI is InChI=1S/C34H61N3O16/c1-2-3-7-42-9-11-44-13-15-46-17-19-48-21-23-50-25-27-52-29-30-53-28-26-51-24-22-49-20-18-47-16-14-45-12-10-43-8-6-35-33-5-4-32(36(38)39)31-34(33)37(40)41/h4-5,31,35H,2-3,6-30H2,1H3. The minimum absolute atomic E-state index is 0.185. The van der Waals surface area contributed by atoms with E-state index in [1.807, 2.05) is 0 Å². The first kappa shape index (κ1) is 48.4. The predicted octanol–water partition coefficient (Wildman–Crippen LogP) is 2.91. The molecule has 0 fully saturated rings. The van der Waals surface area contributed by atoms with Crippen molar-refractivity contribution in [2.45, 2.75) is 19.8 Å². The Balaban J connectivity index is 1.70. The van der Waals surface area contributed by atoms with Gasteiger partial charge < -0.3 is 62.2 Å². The molecule has 0 spiro atoms. The lowest BCUT2D eigenvalue weighted by molar-refractivity contribution is -0.393. The zero-order chi connectivity index (χ0) is 38.3. The molecule has 1 aromatic carbocycles. The van der Waals surface area contributed by atoms with E-state index in [-0.39, 0.29) is 30.2 Å². The minimum Gasteiger partial charge on any atom is -0.379 e. The summed E-state index contributed by atoms with van der Waals surface area (Å²) in [6.45, 7) is 14.0. The van der Waals surface area contributed by atoms with Gasteiger partial charge in [-0.3, -0.25) is 20.2 Å². The van der Waals surface area contributed by atoms with Crippen LogP contribution in [-0.2, 0) is 56.8 Å². The molecular weight excluding hydrogens is 706 g/mol. The van der Waals surface area contributed by atoms with Gasteiger partial charge in [-0.15, -0.1) is 0 Å². The van der Waals surface area contributed by atoms with E-state index >= 15 is 0 Å². The molecule has 0 atom stereocenters. The molecule has 0 aliphatic carbocycles. The van der Waals surface area contributed by atoms with Gasteiger partial charge in [-0.1, -0.05) is 13.3 Å². The Labute approximate surface area is 312 Å². The quantitative estimate of drug-likeness (QED) is 0.0576. The van der Waals surface area contributed by atoms with Crippen LogP contribution in [0.4, 0.5) is 17.1 Å². The van der Waals surface area contributed by atoms with Gasteiger partial charge in [-0.2, -0.15) is 0 Å². The van der Waals surface area contributed by atoms with Gasteiger partial charge in [0.15, 0.2) is 0 Å². The van der Waals surface area contributed by atoms with Crippen molar-refractivity contribution in [3.05, 3.63) is 38.4 Å². The molecule has 0 heterocycles. The van der Waals surface area contributed by atoms with E-state index in [0.717, 1.165) is 25.5 Å². The van der Waals surface area contributed by atoms with Crippen LogP contribution in [0.2, 0.25) is 0 Å². The summed E-state index contributed by atoms with van der Waals surface area (Å²) in [5, 5.41) is 24.8. The molecule has 0 aromatic heterocycles. The molecule has 0 saturated carbocycles. The number of ether oxygens (including phenoxy) is 12. The molecule has 0 aliphatic heterocycles. The number of nitrogens with zero attached hydrogens (tertiary/aromatic N) is 2. The van der Waals surface area contributed by atoms with Crippen LogP contribution in [0.1, 0.15) is 19.8 Å². The predicted molar refractivity (Wildman–Crippen MR) is 193 cm³/mol. The first-order valence-electron chi connectivity index (χ1n) is 18.2. The Kier molecular flexibility index (Phi) is 34.4. The lowest BCUT2D eigenvalue weighted by Gasteiger charge is -2.09. The molecule has 1 N–H and O–H groups in total. The molecule has 0 unspecified atom stereocenters. The number of rotatable bonds is 42. The molecule has 0 bridgehead atoms. The number of anilines is 1. The maximum atomic E-state index is 11.2. The smallest absolute Gasteiger partial charge is 0.299 e. The number of nitro groups is 2. The summed E-state index contributed by atoms with van der Waals surface area (Å²) in [4.78, 5) is 20.6. The van der Waals surface area contributed by atoms with Crippen molar-refractivity contribution in [1.29, 1.82) is 0 Å². The van der Waals surface area contributed by atoms with Crippen LogP contribution in [0.15, 0.2) is 18.2 Å². The van der Waals surface area contributed by atoms with Crippen molar-refractivity contribution in [2.24, 2.45) is 0 Å². The molecule has 19 nitrogen and oxygen atoms in total. The van der Waals surface area contributed by atoms with Gasteiger partial charge >= 0.3 is 0 Å². The highest BCUT2D eigenvalue weighted by Crippen LogP contribution is 2.28. The number of nitrogens with one attached hydrogen (secondary N) is 1. The summed E-state index contributed by atoms with van der Waals surface area (Å²) in [6.07, 6.45) is 2.22. The second kappa shape index (κ2) is 37.6. The van der Waals surface area contributed by atoms with Crippen molar-refractivity contribution >= 4 is 17.1 Å². The van der Waals surface area contributed by atoms with E-state index in [1.54, 1.807) is 0 Å². The van der Waals surface area contributed by atoms with Gasteiger partial charge in [0.05, 0.1) is 168 Å². The van der Waals surface area contributed by atoms with Crippen LogP contribution >= 0.6 is 0 Å². The largest absolute Gasteiger partial charge is 0.379 e. The molecule has 0 radical (unpaired) electrons. The highest BCUT2D eigenvalue weighted by Gasteiger charge is 2.19. The SMILES string of the molecule is CCCCOCCOCCOCCOCCOCCOCCOCCOCCOCCOCCOCCOCCNc1ccc([N+](=O)[O-])cc1[N+](=O)[O-]. The third-order valence-electron chi connectivity index (χ3n) is 6.69. The second-order valence-electron chi connectivity index (χ2n) is 10.8. The van der Waals surface area contributed by atoms with Gasteiger partial charge in [0.1, 0.15) is 5.69 Å². The summed E-state index contributed by atoms with van der Waals surface area (Å²) in [5.41, 5.74) is -0.527. The third-order valence-corrected chi connectivity index (χ3v) is 6.69. The average Bonchev–Trinajstić information content (AvgIpc) is 3.15. The van der Waals surface area contributed by atoms with Crippen LogP contribution in [0.5, 0.6) is 0 Å². The zero-order valence-corrected chi connectivity index (χ0v) is 31.3. The molecular formula is C34H61N3O16. The molecule has 0 amide bonds. The van der Waals surface area contributed by atoms with Gasteiger partial charge in [0.2, 0.25) is 0 Å². The van der Waals surface area contributed by atoms with Crippen LogP contribution in [0, 0.1) is 20.2 Å². The Morgan fingerprint density at radius 1 is 0.453 bits per heavy atom. The highest BCUT2D eigenvalue weighted by molar-refractivity contribution is 5.65. The van der Waals surface area contributed by atoms with Crippen LogP contribution in [-0.4, -0.2) is 175 Å². The molecule has 0 saturated heterocycles. The highest BCUT2D eigenvalue weighted by atomic mass is 16.6. The number of nitro benzene ring substituents is 2. The van der Waals surface area contributed by atoms with E-state index in [9.17, 15) is 20.2 Å². The molecule has 19 heteroatoms. The summed E-state index contributed by atoms with van der Waals surface area (Å²) in [6, 6.07) is 3.43. The fourth-order valence-electron chi connectivity index (χ4n) is 3.96. The van der Waals surface area contributed by atoms with E-state index in [1.165, 1.54) is 12.1 Å². The van der Waals surface area contributed by atoms with Gasteiger partial charge in [-0.05, 0) is 12.5 Å². The molecule has 308 valence electrons. The van der Waals surface area contributed by atoms with E-state index in [4.69, 9.17) is 56.8 Å². The Morgan fingerprint density at radius 2 is 0.755 bits per heavy atom. The molecule has 53 heavy (non-hydrogen) atoms. The summed E-state index contributed by atoms with van der Waals surface area (Å²) >= 11 is 0. The summed E-state index contributed by atoms with van der Waals surface area (Å²) in [7, 11) is 0. The van der Waals surface area contributed by atoms with Crippen LogP contribution in [0.3, 0.4) is 0 Å². The van der Waals surface area contributed by atoms with E-state index in [0.29, 0.717) is 145 Å². The lowest BCUT2D eigenvalue weighted by Crippen LogP contribution is -2.16. The van der Waals surface area contributed by atoms with Crippen molar-refractivity contribution < 1.29 is 66.7 Å². The summed E-state index contributed by atoms with van der Waals surface area (Å²) < 4.78 is 65.4. The number of hydrogen-bond acceptors (Lipinski definition) is 17. The average molecular weight is 768 g/mol. The van der Waals surface area contributed by atoms with E-state index in [2.05, 4.69) is 12.2 Å². The molecule has 0 aliphatic rings. The first-order valence-corrected chi connectivity index (χ1v) is 18.2. The fourth-order valence-corrected chi connectivity index (χ4v) is 3.96. The maximum absolute atomic E-state index is 11.2. The van der Waals surface area contributed by atoms with Crippen LogP contribution < -0.4 is 5.32 Å². The monoisotopic (exact) mass is 767 g/mol.